The van der Waals surface area contributed by atoms with E-state index in [-0.39, 0.29) is 17.9 Å². The van der Waals surface area contributed by atoms with Crippen LogP contribution in [-0.2, 0) is 22.0 Å². The van der Waals surface area contributed by atoms with E-state index < -0.39 is 10.0 Å². The molecule has 1 amide bonds. The second kappa shape index (κ2) is 11.8. The molecule has 3 aromatic carbocycles. The normalized spacial score (nSPS) is 11.9. The first kappa shape index (κ1) is 28.3. The molecule has 0 fully saturated rings. The fourth-order valence-corrected chi connectivity index (χ4v) is 4.73. The summed E-state index contributed by atoms with van der Waals surface area (Å²) in [5.41, 5.74) is 4.38. The predicted octanol–water partition coefficient (Wildman–Crippen LogP) is 5.88. The van der Waals surface area contributed by atoms with Crippen LogP contribution in [0.25, 0.3) is 0 Å². The maximum absolute atomic E-state index is 12.5. The number of amides is 1. The van der Waals surface area contributed by atoms with E-state index in [4.69, 9.17) is 4.74 Å². The molecule has 7 heteroatoms. The minimum absolute atomic E-state index is 0.0875. The lowest BCUT2D eigenvalue weighted by Crippen LogP contribution is -2.29. The van der Waals surface area contributed by atoms with Gasteiger partial charge in [-0.2, -0.15) is 0 Å². The zero-order valence-corrected chi connectivity index (χ0v) is 23.4. The van der Waals surface area contributed by atoms with Crippen LogP contribution in [0.15, 0.2) is 72.8 Å². The molecule has 0 aliphatic rings. The summed E-state index contributed by atoms with van der Waals surface area (Å²) in [5.74, 6) is 0.925. The Bertz CT molecular complexity index is 1280. The van der Waals surface area contributed by atoms with Crippen molar-refractivity contribution >= 4 is 21.6 Å². The number of ether oxygens (including phenoxy) is 1. The van der Waals surface area contributed by atoms with Crippen molar-refractivity contribution in [2.75, 3.05) is 23.7 Å². The van der Waals surface area contributed by atoms with E-state index in [0.29, 0.717) is 30.3 Å². The molecule has 37 heavy (non-hydrogen) atoms. The monoisotopic (exact) mass is 522 g/mol. The number of hydrogen-bond acceptors (Lipinski definition) is 4. The van der Waals surface area contributed by atoms with Crippen LogP contribution in [0.4, 0.5) is 5.69 Å². The maximum atomic E-state index is 12.5. The molecule has 0 aromatic heterocycles. The number of sulfonamides is 1. The first-order valence-electron chi connectivity index (χ1n) is 12.5. The number of nitrogens with one attached hydrogen (secondary N) is 1. The van der Waals surface area contributed by atoms with Gasteiger partial charge in [-0.3, -0.25) is 9.10 Å². The molecule has 0 heterocycles. The molecular weight excluding hydrogens is 484 g/mol. The summed E-state index contributed by atoms with van der Waals surface area (Å²) >= 11 is 0. The van der Waals surface area contributed by atoms with Gasteiger partial charge in [-0.05, 0) is 64.4 Å². The summed E-state index contributed by atoms with van der Waals surface area (Å²) in [6, 6.07) is 22.6. The molecule has 0 radical (unpaired) electrons. The van der Waals surface area contributed by atoms with Crippen LogP contribution in [0.1, 0.15) is 67.6 Å². The molecule has 0 aliphatic carbocycles. The highest BCUT2D eigenvalue weighted by Crippen LogP contribution is 2.25. The van der Waals surface area contributed by atoms with Crippen molar-refractivity contribution in [2.24, 2.45) is 0 Å². The third-order valence-corrected chi connectivity index (χ3v) is 7.31. The Morgan fingerprint density at radius 2 is 1.51 bits per heavy atom. The minimum atomic E-state index is -3.48. The molecule has 0 unspecified atom stereocenters. The average Bonchev–Trinajstić information content (AvgIpc) is 2.84. The number of anilines is 1. The topological polar surface area (TPSA) is 75.7 Å². The number of rotatable bonds is 10. The molecule has 3 aromatic rings. The molecular formula is C30H38N2O4S. The predicted molar refractivity (Wildman–Crippen MR) is 151 cm³/mol. The number of hydrogen-bond donors (Lipinski definition) is 1. The number of carbonyl (C=O) groups excluding carboxylic acids is 1. The molecule has 0 atom stereocenters. The molecule has 1 N–H and O–H groups in total. The van der Waals surface area contributed by atoms with Gasteiger partial charge in [0.15, 0.2) is 0 Å². The van der Waals surface area contributed by atoms with E-state index in [1.54, 1.807) is 24.3 Å². The fourth-order valence-electron chi connectivity index (χ4n) is 3.84. The Balaban J connectivity index is 1.55. The van der Waals surface area contributed by atoms with Crippen molar-refractivity contribution < 1.29 is 17.9 Å². The van der Waals surface area contributed by atoms with Crippen molar-refractivity contribution in [2.45, 2.75) is 52.5 Å². The first-order valence-corrected chi connectivity index (χ1v) is 14.4. The van der Waals surface area contributed by atoms with Gasteiger partial charge in [0.05, 0.1) is 25.0 Å². The van der Waals surface area contributed by atoms with E-state index in [9.17, 15) is 13.2 Å². The maximum Gasteiger partial charge on any atom is 0.251 e. The lowest BCUT2D eigenvalue weighted by molar-refractivity contribution is 0.0947. The molecule has 6 nitrogen and oxygen atoms in total. The molecule has 0 saturated carbocycles. The van der Waals surface area contributed by atoms with Crippen LogP contribution in [0, 0.1) is 0 Å². The minimum Gasteiger partial charge on any atom is -0.492 e. The van der Waals surface area contributed by atoms with E-state index in [2.05, 4.69) is 52.1 Å². The quantitative estimate of drug-likeness (QED) is 0.337. The molecule has 0 bridgehead atoms. The number of benzene rings is 3. The highest BCUT2D eigenvalue weighted by atomic mass is 32.2. The van der Waals surface area contributed by atoms with Gasteiger partial charge in [0, 0.05) is 5.56 Å². The van der Waals surface area contributed by atoms with Crippen LogP contribution in [-0.4, -0.2) is 33.7 Å². The van der Waals surface area contributed by atoms with E-state index in [0.717, 1.165) is 16.9 Å². The Labute approximate surface area is 221 Å². The fraction of sp³-hybridized carbons (Fsp3) is 0.367. The Morgan fingerprint density at radius 1 is 0.919 bits per heavy atom. The molecule has 0 spiro atoms. The van der Waals surface area contributed by atoms with Gasteiger partial charge >= 0.3 is 0 Å². The Morgan fingerprint density at radius 3 is 2.03 bits per heavy atom. The highest BCUT2D eigenvalue weighted by molar-refractivity contribution is 7.92. The molecule has 0 saturated heterocycles. The van der Waals surface area contributed by atoms with Crippen molar-refractivity contribution in [3.8, 4) is 5.75 Å². The van der Waals surface area contributed by atoms with Crippen LogP contribution >= 0.6 is 0 Å². The molecule has 198 valence electrons. The smallest absolute Gasteiger partial charge is 0.251 e. The Hall–Kier alpha value is -3.32. The summed E-state index contributed by atoms with van der Waals surface area (Å²) in [4.78, 5) is 12.5. The summed E-state index contributed by atoms with van der Waals surface area (Å²) in [7, 11) is -3.48. The van der Waals surface area contributed by atoms with Crippen LogP contribution in [0.5, 0.6) is 5.75 Å². The van der Waals surface area contributed by atoms with Gasteiger partial charge in [0.2, 0.25) is 10.0 Å². The summed E-state index contributed by atoms with van der Waals surface area (Å²) < 4.78 is 32.1. The summed E-state index contributed by atoms with van der Waals surface area (Å²) in [6.07, 6.45) is 1.20. The van der Waals surface area contributed by atoms with Gasteiger partial charge in [0.25, 0.3) is 5.91 Å². The number of nitrogens with zero attached hydrogens (tertiary/aromatic N) is 1. The number of carbonyl (C=O) groups is 1. The molecule has 0 aliphatic heterocycles. The van der Waals surface area contributed by atoms with Gasteiger partial charge in [-0.25, -0.2) is 8.42 Å². The Kier molecular flexibility index (Phi) is 9.02. The van der Waals surface area contributed by atoms with Crippen molar-refractivity contribution in [3.63, 3.8) is 0 Å². The standard InChI is InChI=1S/C30H38N2O4S/c1-22(2)24-11-15-27(16-12-24)32(37(6,34)35)21-23-7-9-25(10-8-23)29(33)31-19-20-36-28-17-13-26(14-18-28)30(3,4)5/h7-18,22H,19-21H2,1-6H3,(H,31,33). The van der Waals surface area contributed by atoms with E-state index in [1.165, 1.54) is 16.1 Å². The highest BCUT2D eigenvalue weighted by Gasteiger charge is 2.18. The first-order chi connectivity index (χ1) is 17.3. The summed E-state index contributed by atoms with van der Waals surface area (Å²) in [6.45, 7) is 11.6. The second-order valence-corrected chi connectivity index (χ2v) is 12.5. The average molecular weight is 523 g/mol. The third-order valence-electron chi connectivity index (χ3n) is 6.17. The second-order valence-electron chi connectivity index (χ2n) is 10.6. The lowest BCUT2D eigenvalue weighted by Gasteiger charge is -2.23. The van der Waals surface area contributed by atoms with Crippen molar-refractivity contribution in [3.05, 3.63) is 95.1 Å². The van der Waals surface area contributed by atoms with Gasteiger partial charge in [0.1, 0.15) is 12.4 Å². The summed E-state index contributed by atoms with van der Waals surface area (Å²) in [5, 5.41) is 2.86. The van der Waals surface area contributed by atoms with Crippen molar-refractivity contribution in [1.82, 2.24) is 5.32 Å². The van der Waals surface area contributed by atoms with Gasteiger partial charge in [-0.1, -0.05) is 71.0 Å². The van der Waals surface area contributed by atoms with E-state index in [1.807, 2.05) is 36.4 Å². The van der Waals surface area contributed by atoms with Crippen LogP contribution in [0.2, 0.25) is 0 Å². The zero-order valence-electron chi connectivity index (χ0n) is 22.6. The van der Waals surface area contributed by atoms with Gasteiger partial charge in [-0.15, -0.1) is 0 Å². The lowest BCUT2D eigenvalue weighted by atomic mass is 9.87. The third kappa shape index (κ3) is 8.09. The van der Waals surface area contributed by atoms with Gasteiger partial charge < -0.3 is 10.1 Å². The SMILES string of the molecule is CC(C)c1ccc(N(Cc2ccc(C(=O)NCCOc3ccc(C(C)(C)C)cc3)cc2)S(C)(=O)=O)cc1. The largest absolute Gasteiger partial charge is 0.492 e. The van der Waals surface area contributed by atoms with E-state index >= 15 is 0 Å². The molecule has 3 rings (SSSR count). The van der Waals surface area contributed by atoms with Crippen LogP contribution in [0.3, 0.4) is 0 Å². The zero-order chi connectivity index (χ0) is 27.2. The van der Waals surface area contributed by atoms with Crippen LogP contribution < -0.4 is 14.4 Å². The van der Waals surface area contributed by atoms with Crippen molar-refractivity contribution in [1.29, 1.82) is 0 Å².